The van der Waals surface area contributed by atoms with E-state index in [4.69, 9.17) is 21.8 Å². The first-order valence-electron chi connectivity index (χ1n) is 18.9. The molecule has 0 bridgehead atoms. The highest BCUT2D eigenvalue weighted by Gasteiger charge is 2.15. The summed E-state index contributed by atoms with van der Waals surface area (Å²) in [6.45, 7) is 0. The molecule has 0 saturated carbocycles. The summed E-state index contributed by atoms with van der Waals surface area (Å²) in [6, 6.07) is 51.4. The van der Waals surface area contributed by atoms with Crippen molar-refractivity contribution in [1.29, 1.82) is 0 Å². The maximum absolute atomic E-state index is 8.46. The van der Waals surface area contributed by atoms with Crippen LogP contribution in [0.5, 0.6) is 0 Å². The van der Waals surface area contributed by atoms with Gasteiger partial charge in [-0.2, -0.15) is 0 Å². The third kappa shape index (κ3) is 5.72. The molecule has 0 N–H and O–H groups in total. The largest absolute Gasteiger partial charge is 0.208 e. The van der Waals surface area contributed by atoms with Gasteiger partial charge in [0.2, 0.25) is 0 Å². The lowest BCUT2D eigenvalue weighted by Crippen LogP contribution is -2.00. The number of aromatic nitrogens is 3. The standard InChI is InChI=1S/C47H31N3/c1-4-13-32(14-5-1)35-23-24-37-28-41(26-25-36(37)27-35)47-49-45(34-17-8-3-9-18-34)48-46(50-47)40-21-12-20-39(29-40)44-31-42(33-15-6-2-7-16-33)30-38-19-10-11-22-43(38)44/h1-31H/i1D,4D,5D,13D,14D. The molecule has 50 heavy (non-hydrogen) atoms. The predicted molar refractivity (Wildman–Crippen MR) is 207 cm³/mol. The van der Waals surface area contributed by atoms with Gasteiger partial charge in [0.15, 0.2) is 17.5 Å². The zero-order valence-corrected chi connectivity index (χ0v) is 26.9. The Bertz CT molecular complexity index is 2900. The third-order valence-electron chi connectivity index (χ3n) is 8.96. The minimum Gasteiger partial charge on any atom is -0.208 e. The molecule has 1 heterocycles. The molecule has 9 rings (SSSR count). The second-order valence-corrected chi connectivity index (χ2v) is 12.1. The lowest BCUT2D eigenvalue weighted by molar-refractivity contribution is 1.07. The molecular formula is C47H31N3. The van der Waals surface area contributed by atoms with Crippen LogP contribution in [0.3, 0.4) is 0 Å². The number of fused-ring (bicyclic) bond motifs is 2. The maximum atomic E-state index is 8.46. The number of hydrogen-bond acceptors (Lipinski definition) is 3. The van der Waals surface area contributed by atoms with Gasteiger partial charge in [0, 0.05) is 16.7 Å². The van der Waals surface area contributed by atoms with Crippen LogP contribution in [0.2, 0.25) is 0 Å². The first-order chi connectivity index (χ1) is 26.8. The SMILES string of the molecule is [2H]c1c([2H])c([2H])c(-c2ccc3cc(-c4nc(-c5ccccc5)nc(-c5cccc(-c6cc(-c7ccccc7)cc7ccccc67)c5)n4)ccc3c2)c([2H])c1[2H]. The van der Waals surface area contributed by atoms with Gasteiger partial charge in [0.25, 0.3) is 0 Å². The normalized spacial score (nSPS) is 12.6. The van der Waals surface area contributed by atoms with Gasteiger partial charge in [-0.25, -0.2) is 15.0 Å². The van der Waals surface area contributed by atoms with Crippen LogP contribution in [-0.2, 0) is 0 Å². The Balaban J connectivity index is 1.16. The molecule has 0 aliphatic carbocycles. The molecule has 234 valence electrons. The van der Waals surface area contributed by atoms with Gasteiger partial charge in [-0.1, -0.05) is 158 Å². The minimum absolute atomic E-state index is 0.175. The van der Waals surface area contributed by atoms with Crippen LogP contribution in [0.4, 0.5) is 0 Å². The van der Waals surface area contributed by atoms with E-state index in [1.807, 2.05) is 78.9 Å². The molecule has 0 fully saturated rings. The van der Waals surface area contributed by atoms with E-state index >= 15 is 0 Å². The summed E-state index contributed by atoms with van der Waals surface area (Å²) in [6.07, 6.45) is 0. The Morgan fingerprint density at radius 3 is 1.60 bits per heavy atom. The van der Waals surface area contributed by atoms with Gasteiger partial charge in [-0.3, -0.25) is 0 Å². The van der Waals surface area contributed by atoms with Crippen LogP contribution < -0.4 is 0 Å². The smallest absolute Gasteiger partial charge is 0.164 e. The molecule has 0 aliphatic rings. The zero-order chi connectivity index (χ0) is 37.6. The van der Waals surface area contributed by atoms with E-state index in [0.717, 1.165) is 60.5 Å². The van der Waals surface area contributed by atoms with Crippen molar-refractivity contribution in [3.63, 3.8) is 0 Å². The van der Waals surface area contributed by atoms with Gasteiger partial charge >= 0.3 is 0 Å². The molecule has 0 aliphatic heterocycles. The Morgan fingerprint density at radius 2 is 0.860 bits per heavy atom. The Kier molecular flexibility index (Phi) is 6.22. The molecule has 0 unspecified atom stereocenters. The summed E-state index contributed by atoms with van der Waals surface area (Å²) in [5.41, 5.74) is 7.71. The predicted octanol–water partition coefficient (Wildman–Crippen LogP) is 12.2. The monoisotopic (exact) mass is 642 g/mol. The van der Waals surface area contributed by atoms with Crippen molar-refractivity contribution in [2.75, 3.05) is 0 Å². The first kappa shape index (κ1) is 24.4. The Labute approximate surface area is 298 Å². The van der Waals surface area contributed by atoms with E-state index in [0.29, 0.717) is 23.0 Å². The van der Waals surface area contributed by atoms with Crippen molar-refractivity contribution in [1.82, 2.24) is 15.0 Å². The van der Waals surface area contributed by atoms with Crippen LogP contribution in [0.1, 0.15) is 6.85 Å². The van der Waals surface area contributed by atoms with Gasteiger partial charge < -0.3 is 0 Å². The highest BCUT2D eigenvalue weighted by molar-refractivity contribution is 6.00. The number of nitrogens with zero attached hydrogens (tertiary/aromatic N) is 3. The van der Waals surface area contributed by atoms with Crippen LogP contribution >= 0.6 is 0 Å². The van der Waals surface area contributed by atoms with Gasteiger partial charge in [0.1, 0.15) is 0 Å². The molecule has 0 spiro atoms. The van der Waals surface area contributed by atoms with Crippen molar-refractivity contribution in [2.24, 2.45) is 0 Å². The van der Waals surface area contributed by atoms with E-state index in [1.54, 1.807) is 6.07 Å². The molecule has 0 saturated heterocycles. The first-order valence-corrected chi connectivity index (χ1v) is 16.4. The molecule has 3 heteroatoms. The van der Waals surface area contributed by atoms with E-state index in [1.165, 1.54) is 0 Å². The maximum Gasteiger partial charge on any atom is 0.164 e. The topological polar surface area (TPSA) is 38.7 Å². The van der Waals surface area contributed by atoms with E-state index in [2.05, 4.69) is 72.8 Å². The number of hydrogen-bond donors (Lipinski definition) is 0. The second-order valence-electron chi connectivity index (χ2n) is 12.1. The summed E-state index contributed by atoms with van der Waals surface area (Å²) < 4.78 is 41.2. The number of benzene rings is 8. The fourth-order valence-corrected chi connectivity index (χ4v) is 6.46. The molecular weight excluding hydrogens is 607 g/mol. The fraction of sp³-hybridized carbons (Fsp3) is 0. The van der Waals surface area contributed by atoms with Crippen molar-refractivity contribution >= 4 is 21.5 Å². The quantitative estimate of drug-likeness (QED) is 0.181. The molecule has 0 atom stereocenters. The number of rotatable bonds is 6. The summed E-state index contributed by atoms with van der Waals surface area (Å²) in [5, 5.41) is 4.06. The second kappa shape index (κ2) is 12.7. The molecule has 0 amide bonds. The molecule has 1 aromatic heterocycles. The summed E-state index contributed by atoms with van der Waals surface area (Å²) >= 11 is 0. The van der Waals surface area contributed by atoms with Crippen LogP contribution in [0, 0.1) is 0 Å². The van der Waals surface area contributed by atoms with Gasteiger partial charge in [-0.05, 0) is 85.3 Å². The summed E-state index contributed by atoms with van der Waals surface area (Å²) in [5.74, 6) is 1.62. The minimum atomic E-state index is -0.409. The van der Waals surface area contributed by atoms with Crippen molar-refractivity contribution in [2.45, 2.75) is 0 Å². The Morgan fingerprint density at radius 1 is 0.320 bits per heavy atom. The van der Waals surface area contributed by atoms with Crippen LogP contribution in [0.15, 0.2) is 188 Å². The molecule has 8 aromatic carbocycles. The fourth-order valence-electron chi connectivity index (χ4n) is 6.46. The summed E-state index contributed by atoms with van der Waals surface area (Å²) in [4.78, 5) is 15.0. The van der Waals surface area contributed by atoms with Crippen molar-refractivity contribution < 1.29 is 6.85 Å². The molecule has 0 radical (unpaired) electrons. The van der Waals surface area contributed by atoms with E-state index < -0.39 is 6.04 Å². The lowest BCUT2D eigenvalue weighted by Gasteiger charge is -2.13. The molecule has 9 aromatic rings. The summed E-state index contributed by atoms with van der Waals surface area (Å²) in [7, 11) is 0. The highest BCUT2D eigenvalue weighted by Crippen LogP contribution is 2.36. The van der Waals surface area contributed by atoms with E-state index in [-0.39, 0.29) is 29.7 Å². The van der Waals surface area contributed by atoms with Gasteiger partial charge in [0.05, 0.1) is 6.85 Å². The van der Waals surface area contributed by atoms with Gasteiger partial charge in [-0.15, -0.1) is 0 Å². The van der Waals surface area contributed by atoms with Crippen LogP contribution in [0.25, 0.3) is 89.1 Å². The van der Waals surface area contributed by atoms with Crippen LogP contribution in [-0.4, -0.2) is 15.0 Å². The highest BCUT2D eigenvalue weighted by atomic mass is 15.0. The lowest BCUT2D eigenvalue weighted by atomic mass is 9.92. The van der Waals surface area contributed by atoms with Crippen molar-refractivity contribution in [3.05, 3.63) is 188 Å². The van der Waals surface area contributed by atoms with E-state index in [9.17, 15) is 0 Å². The Hall–Kier alpha value is -6.71. The molecule has 3 nitrogen and oxygen atoms in total. The van der Waals surface area contributed by atoms with Crippen molar-refractivity contribution in [3.8, 4) is 67.5 Å². The average molecular weight is 643 g/mol. The third-order valence-corrected chi connectivity index (χ3v) is 8.96. The zero-order valence-electron chi connectivity index (χ0n) is 31.9. The average Bonchev–Trinajstić information content (AvgIpc) is 3.25.